The number of hydrogen-bond acceptors (Lipinski definition) is 3. The molecule has 22 heavy (non-hydrogen) atoms. The van der Waals surface area contributed by atoms with Crippen molar-refractivity contribution in [3.8, 4) is 0 Å². The van der Waals surface area contributed by atoms with Gasteiger partial charge in [-0.3, -0.25) is 4.79 Å². The summed E-state index contributed by atoms with van der Waals surface area (Å²) in [5, 5.41) is 4.61. The Morgan fingerprint density at radius 3 is 2.55 bits per heavy atom. The summed E-state index contributed by atoms with van der Waals surface area (Å²) >= 11 is 7.46. The van der Waals surface area contributed by atoms with Gasteiger partial charge < -0.3 is 0 Å². The molecule has 0 radical (unpaired) electrons. The highest BCUT2D eigenvalue weighted by molar-refractivity contribution is 7.99. The summed E-state index contributed by atoms with van der Waals surface area (Å²) in [6.07, 6.45) is 2.03. The van der Waals surface area contributed by atoms with E-state index in [0.29, 0.717) is 11.4 Å². The molecule has 1 N–H and O–H groups in total. The quantitative estimate of drug-likeness (QED) is 0.487. The van der Waals surface area contributed by atoms with Gasteiger partial charge in [0.1, 0.15) is 0 Å². The molecular formula is C17H17ClN2OS. The van der Waals surface area contributed by atoms with Gasteiger partial charge in [0.2, 0.25) is 5.91 Å². The van der Waals surface area contributed by atoms with Crippen LogP contribution in [-0.4, -0.2) is 17.9 Å². The molecule has 0 saturated carbocycles. The van der Waals surface area contributed by atoms with Crippen molar-refractivity contribution in [3.63, 3.8) is 0 Å². The van der Waals surface area contributed by atoms with Crippen LogP contribution >= 0.6 is 23.4 Å². The van der Waals surface area contributed by atoms with E-state index >= 15 is 0 Å². The molecule has 0 spiro atoms. The van der Waals surface area contributed by atoms with Gasteiger partial charge in [0, 0.05) is 22.1 Å². The fraction of sp³-hybridized carbons (Fsp3) is 0.176. The minimum Gasteiger partial charge on any atom is -0.273 e. The van der Waals surface area contributed by atoms with Crippen molar-refractivity contribution in [1.29, 1.82) is 0 Å². The van der Waals surface area contributed by atoms with Crippen molar-refractivity contribution in [2.45, 2.75) is 18.2 Å². The van der Waals surface area contributed by atoms with E-state index < -0.39 is 0 Å². The van der Waals surface area contributed by atoms with Gasteiger partial charge in [-0.1, -0.05) is 41.4 Å². The van der Waals surface area contributed by atoms with Gasteiger partial charge >= 0.3 is 0 Å². The minimum atomic E-state index is -0.0928. The molecule has 3 nitrogen and oxygen atoms in total. The van der Waals surface area contributed by atoms with E-state index in [1.54, 1.807) is 30.1 Å². The summed E-state index contributed by atoms with van der Waals surface area (Å²) in [6, 6.07) is 15.5. The number of halogens is 1. The fourth-order valence-corrected chi connectivity index (χ4v) is 2.66. The van der Waals surface area contributed by atoms with Crippen molar-refractivity contribution in [3.05, 3.63) is 64.7 Å². The number of thioether (sulfide) groups is 1. The first-order chi connectivity index (χ1) is 10.6. The molecule has 0 atom stereocenters. The average Bonchev–Trinajstić information content (AvgIpc) is 2.51. The topological polar surface area (TPSA) is 41.5 Å². The monoisotopic (exact) mass is 332 g/mol. The first kappa shape index (κ1) is 16.6. The smallest absolute Gasteiger partial charge is 0.240 e. The maximum Gasteiger partial charge on any atom is 0.240 e. The number of nitrogens with zero attached hydrogens (tertiary/aromatic N) is 1. The van der Waals surface area contributed by atoms with Gasteiger partial charge in [-0.25, -0.2) is 5.43 Å². The second kappa shape index (κ2) is 8.61. The van der Waals surface area contributed by atoms with Crippen molar-refractivity contribution in [1.82, 2.24) is 5.43 Å². The summed E-state index contributed by atoms with van der Waals surface area (Å²) in [6.45, 7) is 2.06. The maximum absolute atomic E-state index is 11.7. The highest BCUT2D eigenvalue weighted by Crippen LogP contribution is 2.18. The normalized spacial score (nSPS) is 10.8. The van der Waals surface area contributed by atoms with Crippen LogP contribution < -0.4 is 5.43 Å². The summed E-state index contributed by atoms with van der Waals surface area (Å²) in [5.74, 6) is 0.635. The maximum atomic E-state index is 11.7. The molecule has 1 amide bonds. The summed E-state index contributed by atoms with van der Waals surface area (Å²) in [5.41, 5.74) is 4.65. The van der Waals surface area contributed by atoms with Gasteiger partial charge in [-0.05, 0) is 36.8 Å². The van der Waals surface area contributed by atoms with Crippen LogP contribution in [0.2, 0.25) is 5.02 Å². The van der Waals surface area contributed by atoms with Crippen molar-refractivity contribution >= 4 is 35.5 Å². The summed E-state index contributed by atoms with van der Waals surface area (Å²) < 4.78 is 0. The van der Waals surface area contributed by atoms with Crippen LogP contribution in [0.5, 0.6) is 0 Å². The van der Waals surface area contributed by atoms with E-state index in [-0.39, 0.29) is 5.91 Å². The molecule has 0 unspecified atom stereocenters. The Bertz CT molecular complexity index is 639. The number of aryl methyl sites for hydroxylation is 1. The van der Waals surface area contributed by atoms with E-state index in [1.165, 1.54) is 10.5 Å². The van der Waals surface area contributed by atoms with Crippen LogP contribution in [0, 0.1) is 6.92 Å². The molecule has 0 bridgehead atoms. The first-order valence-electron chi connectivity index (χ1n) is 6.90. The zero-order valence-electron chi connectivity index (χ0n) is 12.3. The zero-order chi connectivity index (χ0) is 15.8. The molecular weight excluding hydrogens is 316 g/mol. The lowest BCUT2D eigenvalue weighted by Gasteiger charge is -2.02. The number of carbonyl (C=O) groups is 1. The van der Waals surface area contributed by atoms with Crippen LogP contribution in [0.4, 0.5) is 0 Å². The lowest BCUT2D eigenvalue weighted by molar-refractivity contribution is -0.120. The molecule has 0 aliphatic rings. The van der Waals surface area contributed by atoms with Crippen molar-refractivity contribution in [2.75, 3.05) is 5.75 Å². The lowest BCUT2D eigenvalue weighted by Crippen LogP contribution is -2.17. The van der Waals surface area contributed by atoms with E-state index in [9.17, 15) is 4.79 Å². The third-order valence-corrected chi connectivity index (χ3v) is 4.16. The Balaban J connectivity index is 1.69. The summed E-state index contributed by atoms with van der Waals surface area (Å²) in [4.78, 5) is 12.8. The predicted molar refractivity (Wildman–Crippen MR) is 93.7 cm³/mol. The Morgan fingerprint density at radius 1 is 1.18 bits per heavy atom. The SMILES string of the molecule is Cc1ccc(SCCC(=O)N/N=C\c2ccc(Cl)cc2)cc1. The molecule has 0 aromatic heterocycles. The second-order valence-electron chi connectivity index (χ2n) is 4.76. The van der Waals surface area contributed by atoms with Crippen molar-refractivity contribution in [2.24, 2.45) is 5.10 Å². The number of amides is 1. The van der Waals surface area contributed by atoms with Gasteiger partial charge in [0.05, 0.1) is 6.21 Å². The van der Waals surface area contributed by atoms with E-state index in [1.807, 2.05) is 12.1 Å². The largest absolute Gasteiger partial charge is 0.273 e. The molecule has 114 valence electrons. The molecule has 2 aromatic carbocycles. The number of hydrogen-bond donors (Lipinski definition) is 1. The molecule has 2 rings (SSSR count). The Hall–Kier alpha value is -1.78. The Morgan fingerprint density at radius 2 is 1.86 bits per heavy atom. The van der Waals surface area contributed by atoms with Gasteiger partial charge in [0.25, 0.3) is 0 Å². The minimum absolute atomic E-state index is 0.0928. The van der Waals surface area contributed by atoms with Gasteiger partial charge in [-0.2, -0.15) is 5.10 Å². The van der Waals surface area contributed by atoms with Crippen LogP contribution in [-0.2, 0) is 4.79 Å². The Kier molecular flexibility index (Phi) is 6.49. The Labute approximate surface area is 139 Å². The number of rotatable bonds is 6. The zero-order valence-corrected chi connectivity index (χ0v) is 13.8. The predicted octanol–water partition coefficient (Wildman–Crippen LogP) is 4.28. The van der Waals surface area contributed by atoms with Crippen LogP contribution in [0.3, 0.4) is 0 Å². The van der Waals surface area contributed by atoms with Crippen LogP contribution in [0.15, 0.2) is 58.5 Å². The second-order valence-corrected chi connectivity index (χ2v) is 6.36. The molecule has 0 saturated heterocycles. The fourth-order valence-electron chi connectivity index (χ4n) is 1.68. The number of benzene rings is 2. The highest BCUT2D eigenvalue weighted by atomic mass is 35.5. The van der Waals surface area contributed by atoms with Crippen LogP contribution in [0.1, 0.15) is 17.5 Å². The third kappa shape index (κ3) is 5.92. The molecule has 0 aliphatic carbocycles. The standard InChI is InChI=1S/C17H17ClN2OS/c1-13-2-8-16(9-3-13)22-11-10-17(21)20-19-12-14-4-6-15(18)7-5-14/h2-9,12H,10-11H2,1H3,(H,20,21)/b19-12-. The van der Waals surface area contributed by atoms with E-state index in [0.717, 1.165) is 11.3 Å². The number of hydrazone groups is 1. The molecule has 2 aromatic rings. The lowest BCUT2D eigenvalue weighted by atomic mass is 10.2. The molecule has 5 heteroatoms. The number of nitrogens with one attached hydrogen (secondary N) is 1. The van der Waals surface area contributed by atoms with Crippen molar-refractivity contribution < 1.29 is 4.79 Å². The molecule has 0 aliphatic heterocycles. The average molecular weight is 333 g/mol. The van der Waals surface area contributed by atoms with E-state index in [2.05, 4.69) is 41.7 Å². The first-order valence-corrected chi connectivity index (χ1v) is 8.27. The van der Waals surface area contributed by atoms with Gasteiger partial charge in [0.15, 0.2) is 0 Å². The summed E-state index contributed by atoms with van der Waals surface area (Å²) in [7, 11) is 0. The van der Waals surface area contributed by atoms with E-state index in [4.69, 9.17) is 11.6 Å². The highest BCUT2D eigenvalue weighted by Gasteiger charge is 2.00. The van der Waals surface area contributed by atoms with Gasteiger partial charge in [-0.15, -0.1) is 11.8 Å². The third-order valence-electron chi connectivity index (χ3n) is 2.89. The van der Waals surface area contributed by atoms with Crippen LogP contribution in [0.25, 0.3) is 0 Å². The number of carbonyl (C=O) groups excluding carboxylic acids is 1. The molecule has 0 fully saturated rings. The molecule has 0 heterocycles.